The maximum Gasteiger partial charge on any atom is 2.00 e. The summed E-state index contributed by atoms with van der Waals surface area (Å²) in [6, 6.07) is 18.9. The van der Waals surface area contributed by atoms with Crippen molar-refractivity contribution in [3.63, 3.8) is 0 Å². The van der Waals surface area contributed by atoms with Crippen LogP contribution in [-0.4, -0.2) is 74.8 Å². The van der Waals surface area contributed by atoms with Crippen molar-refractivity contribution in [3.05, 3.63) is 82.9 Å². The third kappa shape index (κ3) is 29.4. The summed E-state index contributed by atoms with van der Waals surface area (Å²) in [5, 5.41) is 3.10. The predicted octanol–water partition coefficient (Wildman–Crippen LogP) is 19.4. The van der Waals surface area contributed by atoms with Crippen LogP contribution in [0.3, 0.4) is 0 Å². The molecule has 73 heavy (non-hydrogen) atoms. The van der Waals surface area contributed by atoms with E-state index >= 15 is 0 Å². The third-order valence-corrected chi connectivity index (χ3v) is 16.7. The molecule has 9 heteroatoms. The Morgan fingerprint density at radius 3 is 0.795 bits per heavy atom. The quantitative estimate of drug-likeness (QED) is 0.0248. The zero-order valence-electron chi connectivity index (χ0n) is 47.0. The smallest absolute Gasteiger partial charge is 0.744 e. The van der Waals surface area contributed by atoms with E-state index in [4.69, 9.17) is 0 Å². The molecule has 408 valence electrons. The number of benzene rings is 4. The molecule has 0 aliphatic carbocycles. The van der Waals surface area contributed by atoms with Crippen LogP contribution in [0.1, 0.15) is 281 Å². The van der Waals surface area contributed by atoms with Gasteiger partial charge in [0.2, 0.25) is 0 Å². The first-order valence-corrected chi connectivity index (χ1v) is 32.8. The van der Waals surface area contributed by atoms with Crippen molar-refractivity contribution >= 4 is 90.7 Å². The molecule has 0 amide bonds. The second kappa shape index (κ2) is 41.8. The summed E-state index contributed by atoms with van der Waals surface area (Å²) in [6.45, 7) is 9.02. The Kier molecular flexibility index (Phi) is 38.9. The standard InChI is InChI=1S/2C32H52O3S.Ba/c2*1-3-5-7-9-11-13-15-17-19-22-28-26-29(23-20-18-16-14-12-10-8-6-4-2)32-30(27-28)24-21-25-31(32)36(33,34)35;/h2*21,24-27H,3-20,22-23H2,1-2H3,(H,33,34,35);/q;;+2/p-2. The molecule has 0 unspecified atom stereocenters. The van der Waals surface area contributed by atoms with E-state index in [1.165, 1.54) is 216 Å². The van der Waals surface area contributed by atoms with Gasteiger partial charge in [-0.15, -0.1) is 0 Å². The van der Waals surface area contributed by atoms with Crippen molar-refractivity contribution < 1.29 is 25.9 Å². The molecular formula is C64H102BaO6S2. The van der Waals surface area contributed by atoms with Gasteiger partial charge in [0.25, 0.3) is 0 Å². The molecule has 0 N–H and O–H groups in total. The Hall–Kier alpha value is -1.21. The van der Waals surface area contributed by atoms with E-state index in [1.807, 2.05) is 12.1 Å². The van der Waals surface area contributed by atoms with Gasteiger partial charge in [-0.2, -0.15) is 0 Å². The first kappa shape index (κ1) is 67.9. The largest absolute Gasteiger partial charge is 2.00 e. The molecule has 6 nitrogen and oxygen atoms in total. The summed E-state index contributed by atoms with van der Waals surface area (Å²) in [5.41, 5.74) is 4.63. The number of hydrogen-bond donors (Lipinski definition) is 0. The summed E-state index contributed by atoms with van der Waals surface area (Å²) in [4.78, 5) is -0.110. The third-order valence-electron chi connectivity index (χ3n) is 14.9. The molecule has 0 fully saturated rings. The van der Waals surface area contributed by atoms with Gasteiger partial charge in [-0.1, -0.05) is 282 Å². The first-order chi connectivity index (χ1) is 34.9. The van der Waals surface area contributed by atoms with E-state index in [0.717, 1.165) is 86.1 Å². The average Bonchev–Trinajstić information content (AvgIpc) is 3.35. The molecule has 4 aromatic carbocycles. The van der Waals surface area contributed by atoms with Crippen LogP contribution in [0.15, 0.2) is 70.5 Å². The molecule has 0 aliphatic heterocycles. The van der Waals surface area contributed by atoms with E-state index in [1.54, 1.807) is 12.1 Å². The van der Waals surface area contributed by atoms with Crippen LogP contribution in [0.4, 0.5) is 0 Å². The van der Waals surface area contributed by atoms with E-state index in [2.05, 4.69) is 52.0 Å². The molecular weight excluding hydrogens is 1070 g/mol. The van der Waals surface area contributed by atoms with Gasteiger partial charge >= 0.3 is 48.9 Å². The molecule has 0 saturated heterocycles. The zero-order valence-corrected chi connectivity index (χ0v) is 53.1. The fourth-order valence-electron chi connectivity index (χ4n) is 10.7. The average molecular weight is 1170 g/mol. The molecule has 0 aliphatic rings. The van der Waals surface area contributed by atoms with Crippen molar-refractivity contribution in [1.82, 2.24) is 0 Å². The van der Waals surface area contributed by atoms with Crippen LogP contribution in [-0.2, 0) is 45.9 Å². The fourth-order valence-corrected chi connectivity index (χ4v) is 12.2. The minimum atomic E-state index is -4.50. The van der Waals surface area contributed by atoms with Gasteiger partial charge in [0.1, 0.15) is 20.2 Å². The Bertz CT molecular complexity index is 2100. The summed E-state index contributed by atoms with van der Waals surface area (Å²) in [6.07, 6.45) is 50.0. The molecule has 0 saturated carbocycles. The molecule has 0 heterocycles. The minimum absolute atomic E-state index is 0. The van der Waals surface area contributed by atoms with Gasteiger partial charge in [0.05, 0.1) is 9.79 Å². The Balaban J connectivity index is 0.000000493. The van der Waals surface area contributed by atoms with Gasteiger partial charge < -0.3 is 9.11 Å². The van der Waals surface area contributed by atoms with Crippen LogP contribution >= 0.6 is 0 Å². The van der Waals surface area contributed by atoms with Gasteiger partial charge in [-0.05, 0) is 96.5 Å². The Labute approximate surface area is 489 Å². The summed E-state index contributed by atoms with van der Waals surface area (Å²) in [7, 11) is -9.00. The minimum Gasteiger partial charge on any atom is -0.744 e. The molecule has 4 aromatic rings. The Morgan fingerprint density at radius 1 is 0.315 bits per heavy atom. The van der Waals surface area contributed by atoms with Gasteiger partial charge in [-0.3, -0.25) is 0 Å². The van der Waals surface area contributed by atoms with E-state index in [0.29, 0.717) is 10.8 Å². The van der Waals surface area contributed by atoms with E-state index in [-0.39, 0.29) is 58.7 Å². The van der Waals surface area contributed by atoms with E-state index < -0.39 is 20.2 Å². The second-order valence-electron chi connectivity index (χ2n) is 21.4. The van der Waals surface area contributed by atoms with Gasteiger partial charge in [0, 0.05) is 10.8 Å². The van der Waals surface area contributed by atoms with Crippen LogP contribution in [0.5, 0.6) is 0 Å². The van der Waals surface area contributed by atoms with Gasteiger partial charge in [0.15, 0.2) is 0 Å². The molecule has 0 spiro atoms. The molecule has 0 atom stereocenters. The number of fused-ring (bicyclic) bond motifs is 2. The van der Waals surface area contributed by atoms with Crippen LogP contribution in [0.2, 0.25) is 0 Å². The summed E-state index contributed by atoms with van der Waals surface area (Å²) in [5.74, 6) is 0. The van der Waals surface area contributed by atoms with Crippen molar-refractivity contribution in [2.75, 3.05) is 0 Å². The molecule has 0 aromatic heterocycles. The number of unbranched alkanes of at least 4 members (excludes halogenated alkanes) is 32. The van der Waals surface area contributed by atoms with Crippen molar-refractivity contribution in [2.45, 2.75) is 294 Å². The fraction of sp³-hybridized carbons (Fsp3) is 0.688. The molecule has 0 radical (unpaired) electrons. The summed E-state index contributed by atoms with van der Waals surface area (Å²) < 4.78 is 72.0. The second-order valence-corrected chi connectivity index (χ2v) is 24.1. The normalized spacial score (nSPS) is 11.8. The first-order valence-electron chi connectivity index (χ1n) is 29.9. The maximum atomic E-state index is 12.0. The van der Waals surface area contributed by atoms with Crippen molar-refractivity contribution in [2.24, 2.45) is 0 Å². The van der Waals surface area contributed by atoms with Crippen LogP contribution < -0.4 is 0 Å². The summed E-state index contributed by atoms with van der Waals surface area (Å²) >= 11 is 0. The Morgan fingerprint density at radius 2 is 0.548 bits per heavy atom. The molecule has 0 bridgehead atoms. The van der Waals surface area contributed by atoms with Crippen LogP contribution in [0, 0.1) is 0 Å². The topological polar surface area (TPSA) is 114 Å². The van der Waals surface area contributed by atoms with Crippen molar-refractivity contribution in [3.8, 4) is 0 Å². The number of hydrogen-bond acceptors (Lipinski definition) is 6. The van der Waals surface area contributed by atoms with Gasteiger partial charge in [-0.25, -0.2) is 16.8 Å². The number of rotatable bonds is 42. The molecule has 4 rings (SSSR count). The predicted molar refractivity (Wildman–Crippen MR) is 313 cm³/mol. The zero-order chi connectivity index (χ0) is 52.1. The monoisotopic (exact) mass is 1170 g/mol. The SMILES string of the molecule is CCCCCCCCCCCc1cc(CCCCCCCCCCC)c2c(S(=O)(=O)[O-])cccc2c1.CCCCCCCCCCCc1cc(CCCCCCCCCCC)c2c(S(=O)(=O)[O-])cccc2c1.[Ba+2]. The van der Waals surface area contributed by atoms with Crippen LogP contribution in [0.25, 0.3) is 21.5 Å². The maximum absolute atomic E-state index is 12.0. The van der Waals surface area contributed by atoms with E-state index in [9.17, 15) is 25.9 Å². The van der Waals surface area contributed by atoms with Crippen molar-refractivity contribution in [1.29, 1.82) is 0 Å². The number of aryl methyl sites for hydroxylation is 4.